The van der Waals surface area contributed by atoms with Crippen LogP contribution in [0.4, 0.5) is 11.4 Å². The molecule has 2 aliphatic rings. The van der Waals surface area contributed by atoms with Crippen LogP contribution in [-0.2, 0) is 0 Å². The average Bonchev–Trinajstić information content (AvgIpc) is 2.62. The van der Waals surface area contributed by atoms with Crippen molar-refractivity contribution in [2.75, 3.05) is 31.1 Å². The summed E-state index contributed by atoms with van der Waals surface area (Å²) in [7, 11) is 0. The Kier molecular flexibility index (Phi) is 5.42. The Morgan fingerprint density at radius 3 is 2.67 bits per heavy atom. The summed E-state index contributed by atoms with van der Waals surface area (Å²) >= 11 is 0. The Hall–Kier alpha value is -2.15. The SMILES string of the molecule is CC1CCCN(c2ccc(C(=O)N3CCC(N)C(C)(C)C3)cc2[N+](=O)[O-])C1. The fraction of sp³-hybridized carbons (Fsp3) is 0.650. The van der Waals surface area contributed by atoms with E-state index >= 15 is 0 Å². The van der Waals surface area contributed by atoms with E-state index in [0.717, 1.165) is 32.4 Å². The van der Waals surface area contributed by atoms with E-state index in [1.165, 1.54) is 6.07 Å². The molecule has 0 aromatic heterocycles. The first kappa shape index (κ1) is 19.6. The van der Waals surface area contributed by atoms with Gasteiger partial charge in [0.15, 0.2) is 0 Å². The zero-order chi connectivity index (χ0) is 19.8. The number of benzene rings is 1. The Morgan fingerprint density at radius 1 is 1.30 bits per heavy atom. The van der Waals surface area contributed by atoms with Gasteiger partial charge in [-0.25, -0.2) is 0 Å². The Morgan fingerprint density at radius 2 is 2.04 bits per heavy atom. The molecule has 0 saturated carbocycles. The highest BCUT2D eigenvalue weighted by molar-refractivity contribution is 5.96. The molecule has 27 heavy (non-hydrogen) atoms. The smallest absolute Gasteiger partial charge is 0.293 e. The van der Waals surface area contributed by atoms with Crippen molar-refractivity contribution in [1.82, 2.24) is 4.90 Å². The first-order chi connectivity index (χ1) is 12.7. The molecule has 2 fully saturated rings. The summed E-state index contributed by atoms with van der Waals surface area (Å²) < 4.78 is 0. The molecule has 2 aliphatic heterocycles. The Bertz CT molecular complexity index is 734. The highest BCUT2D eigenvalue weighted by atomic mass is 16.6. The van der Waals surface area contributed by atoms with Gasteiger partial charge < -0.3 is 15.5 Å². The molecule has 1 amide bonds. The summed E-state index contributed by atoms with van der Waals surface area (Å²) in [6, 6.07) is 4.97. The van der Waals surface area contributed by atoms with Gasteiger partial charge in [-0.05, 0) is 42.7 Å². The zero-order valence-electron chi connectivity index (χ0n) is 16.5. The van der Waals surface area contributed by atoms with Gasteiger partial charge in [-0.2, -0.15) is 0 Å². The van der Waals surface area contributed by atoms with Crippen LogP contribution < -0.4 is 10.6 Å². The third kappa shape index (κ3) is 4.08. The van der Waals surface area contributed by atoms with Crippen molar-refractivity contribution in [2.45, 2.75) is 46.1 Å². The highest BCUT2D eigenvalue weighted by Crippen LogP contribution is 2.34. The van der Waals surface area contributed by atoms with Crippen LogP contribution in [0.3, 0.4) is 0 Å². The Labute approximate surface area is 160 Å². The maximum atomic E-state index is 13.0. The van der Waals surface area contributed by atoms with Crippen molar-refractivity contribution in [3.63, 3.8) is 0 Å². The number of nitro groups is 1. The van der Waals surface area contributed by atoms with Crippen LogP contribution in [0, 0.1) is 21.4 Å². The second-order valence-electron chi connectivity index (χ2n) is 8.76. The minimum atomic E-state index is -0.374. The van der Waals surface area contributed by atoms with Crippen molar-refractivity contribution in [3.05, 3.63) is 33.9 Å². The lowest BCUT2D eigenvalue weighted by Crippen LogP contribution is -2.54. The molecular formula is C20H30N4O3. The zero-order valence-corrected chi connectivity index (χ0v) is 16.5. The quantitative estimate of drug-likeness (QED) is 0.648. The van der Waals surface area contributed by atoms with E-state index in [-0.39, 0.29) is 28.0 Å². The van der Waals surface area contributed by atoms with Gasteiger partial charge in [-0.15, -0.1) is 0 Å². The topological polar surface area (TPSA) is 92.7 Å². The third-order valence-corrected chi connectivity index (χ3v) is 6.02. The fourth-order valence-corrected chi connectivity index (χ4v) is 4.21. The molecule has 0 spiro atoms. The van der Waals surface area contributed by atoms with Crippen molar-refractivity contribution in [3.8, 4) is 0 Å². The van der Waals surface area contributed by atoms with E-state index in [1.807, 2.05) is 0 Å². The van der Waals surface area contributed by atoms with Crippen molar-refractivity contribution in [1.29, 1.82) is 0 Å². The number of carbonyl (C=O) groups is 1. The van der Waals surface area contributed by atoms with Crippen LogP contribution in [-0.4, -0.2) is 48.0 Å². The van der Waals surface area contributed by atoms with Gasteiger partial charge in [-0.3, -0.25) is 14.9 Å². The second kappa shape index (κ2) is 7.46. The minimum absolute atomic E-state index is 0.0166. The molecule has 3 rings (SSSR count). The number of piperidine rings is 2. The number of nitrogens with zero attached hydrogens (tertiary/aromatic N) is 3. The van der Waals surface area contributed by atoms with Crippen LogP contribution in [0.5, 0.6) is 0 Å². The molecule has 148 valence electrons. The summed E-state index contributed by atoms with van der Waals surface area (Å²) in [5, 5.41) is 11.7. The summed E-state index contributed by atoms with van der Waals surface area (Å²) in [4.78, 5) is 28.1. The molecular weight excluding hydrogens is 344 g/mol. The van der Waals surface area contributed by atoms with Crippen molar-refractivity contribution >= 4 is 17.3 Å². The lowest BCUT2D eigenvalue weighted by Gasteiger charge is -2.42. The number of carbonyl (C=O) groups excluding carboxylic acids is 1. The number of hydrogen-bond donors (Lipinski definition) is 1. The lowest BCUT2D eigenvalue weighted by molar-refractivity contribution is -0.384. The fourth-order valence-electron chi connectivity index (χ4n) is 4.21. The number of anilines is 1. The molecule has 1 aromatic rings. The van der Waals surface area contributed by atoms with Crippen LogP contribution in [0.15, 0.2) is 18.2 Å². The summed E-state index contributed by atoms with van der Waals surface area (Å²) in [6.45, 7) is 9.05. The normalized spacial score (nSPS) is 25.3. The predicted octanol–water partition coefficient (Wildman–Crippen LogP) is 3.03. The standard InChI is InChI=1S/C20H30N4O3/c1-14-5-4-9-22(12-14)16-7-6-15(11-17(16)24(26)27)19(25)23-10-8-18(21)20(2,3)13-23/h6-7,11,14,18H,4-5,8-10,12-13,21H2,1-3H3. The molecule has 0 bridgehead atoms. The summed E-state index contributed by atoms with van der Waals surface area (Å²) in [5.74, 6) is 0.357. The molecule has 7 heteroatoms. The maximum absolute atomic E-state index is 13.0. The van der Waals surface area contributed by atoms with E-state index in [4.69, 9.17) is 5.73 Å². The van der Waals surface area contributed by atoms with E-state index in [1.54, 1.807) is 17.0 Å². The Balaban J connectivity index is 1.85. The molecule has 1 aromatic carbocycles. The molecule has 2 atom stereocenters. The molecule has 7 nitrogen and oxygen atoms in total. The minimum Gasteiger partial charge on any atom is -0.366 e. The lowest BCUT2D eigenvalue weighted by atomic mass is 9.79. The number of likely N-dealkylation sites (tertiary alicyclic amines) is 1. The largest absolute Gasteiger partial charge is 0.366 e. The van der Waals surface area contributed by atoms with E-state index in [2.05, 4.69) is 25.7 Å². The van der Waals surface area contributed by atoms with E-state index < -0.39 is 0 Å². The van der Waals surface area contributed by atoms with Gasteiger partial charge >= 0.3 is 0 Å². The van der Waals surface area contributed by atoms with E-state index in [0.29, 0.717) is 30.3 Å². The van der Waals surface area contributed by atoms with Gasteiger partial charge in [0.25, 0.3) is 11.6 Å². The number of amides is 1. The average molecular weight is 374 g/mol. The summed E-state index contributed by atoms with van der Waals surface area (Å²) in [5.41, 5.74) is 7.00. The second-order valence-corrected chi connectivity index (χ2v) is 8.76. The van der Waals surface area contributed by atoms with Crippen LogP contribution in [0.25, 0.3) is 0 Å². The maximum Gasteiger partial charge on any atom is 0.293 e. The first-order valence-electron chi connectivity index (χ1n) is 9.77. The van der Waals surface area contributed by atoms with Gasteiger partial charge in [0.05, 0.1) is 4.92 Å². The molecule has 2 N–H and O–H groups in total. The van der Waals surface area contributed by atoms with Gasteiger partial charge in [0.2, 0.25) is 0 Å². The van der Waals surface area contributed by atoms with Crippen LogP contribution in [0.1, 0.15) is 50.4 Å². The third-order valence-electron chi connectivity index (χ3n) is 6.02. The van der Waals surface area contributed by atoms with E-state index in [9.17, 15) is 14.9 Å². The van der Waals surface area contributed by atoms with Crippen LogP contribution >= 0.6 is 0 Å². The molecule has 2 heterocycles. The first-order valence-corrected chi connectivity index (χ1v) is 9.77. The highest BCUT2D eigenvalue weighted by Gasteiger charge is 2.36. The van der Waals surface area contributed by atoms with Gasteiger partial charge in [-0.1, -0.05) is 20.8 Å². The van der Waals surface area contributed by atoms with Gasteiger partial charge in [0, 0.05) is 43.9 Å². The molecule has 0 radical (unpaired) electrons. The summed E-state index contributed by atoms with van der Waals surface area (Å²) in [6.07, 6.45) is 2.92. The van der Waals surface area contributed by atoms with Gasteiger partial charge in [0.1, 0.15) is 5.69 Å². The van der Waals surface area contributed by atoms with Crippen molar-refractivity contribution < 1.29 is 9.72 Å². The monoisotopic (exact) mass is 374 g/mol. The van der Waals surface area contributed by atoms with Crippen LogP contribution in [0.2, 0.25) is 0 Å². The number of rotatable bonds is 3. The number of nitrogens with two attached hydrogens (primary N) is 1. The molecule has 0 aliphatic carbocycles. The van der Waals surface area contributed by atoms with Crippen molar-refractivity contribution in [2.24, 2.45) is 17.1 Å². The predicted molar refractivity (Wildman–Crippen MR) is 106 cm³/mol. The number of hydrogen-bond acceptors (Lipinski definition) is 5. The molecule has 2 unspecified atom stereocenters. The number of nitro benzene ring substituents is 1. The molecule has 2 saturated heterocycles.